The molecule has 0 fully saturated rings. The number of rotatable bonds is 7. The molecular formula is C27H31N3O3. The van der Waals surface area contributed by atoms with Gasteiger partial charge >= 0.3 is 5.97 Å². The third kappa shape index (κ3) is 5.13. The van der Waals surface area contributed by atoms with Crippen molar-refractivity contribution in [3.05, 3.63) is 93.6 Å². The monoisotopic (exact) mass is 445 g/mol. The lowest BCUT2D eigenvalue weighted by Crippen LogP contribution is -2.32. The van der Waals surface area contributed by atoms with Gasteiger partial charge in [-0.3, -0.25) is 14.9 Å². The van der Waals surface area contributed by atoms with Gasteiger partial charge in [-0.15, -0.1) is 0 Å². The molecule has 0 bridgehead atoms. The number of carbonyl (C=O) groups is 1. The van der Waals surface area contributed by atoms with Gasteiger partial charge in [0.15, 0.2) is 0 Å². The molecule has 6 heteroatoms. The van der Waals surface area contributed by atoms with Gasteiger partial charge in [-0.1, -0.05) is 18.2 Å². The molecule has 1 N–H and O–H groups in total. The Labute approximate surface area is 195 Å². The van der Waals surface area contributed by atoms with Crippen molar-refractivity contribution in [2.75, 3.05) is 7.11 Å². The highest BCUT2D eigenvalue weighted by molar-refractivity contribution is 5.89. The van der Waals surface area contributed by atoms with E-state index in [1.165, 1.54) is 18.2 Å². The zero-order valence-electron chi connectivity index (χ0n) is 19.5. The second-order valence-electron chi connectivity index (χ2n) is 8.77. The number of aryl methyl sites for hydroxylation is 3. The van der Waals surface area contributed by atoms with Crippen LogP contribution in [0.2, 0.25) is 0 Å². The summed E-state index contributed by atoms with van der Waals surface area (Å²) in [6, 6.07) is 11.9. The Balaban J connectivity index is 1.71. The van der Waals surface area contributed by atoms with E-state index in [0.29, 0.717) is 18.7 Å². The third-order valence-electron chi connectivity index (χ3n) is 6.45. The van der Waals surface area contributed by atoms with Crippen molar-refractivity contribution in [3.63, 3.8) is 0 Å². The smallest absolute Gasteiger partial charge is 0.337 e. The fourth-order valence-corrected chi connectivity index (χ4v) is 4.71. The van der Waals surface area contributed by atoms with Crippen molar-refractivity contribution >= 4 is 5.97 Å². The number of fused-ring (bicyclic) bond motifs is 1. The number of ether oxygens (including phenoxy) is 1. The zero-order chi connectivity index (χ0) is 23.4. The van der Waals surface area contributed by atoms with Gasteiger partial charge in [0.25, 0.3) is 0 Å². The molecule has 2 aromatic heterocycles. The van der Waals surface area contributed by atoms with Crippen LogP contribution in [0.4, 0.5) is 0 Å². The highest BCUT2D eigenvalue weighted by Gasteiger charge is 2.28. The van der Waals surface area contributed by atoms with E-state index in [-0.39, 0.29) is 12.6 Å². The molecule has 0 amide bonds. The predicted molar refractivity (Wildman–Crippen MR) is 127 cm³/mol. The number of aromatic nitrogens is 2. The van der Waals surface area contributed by atoms with Gasteiger partial charge in [-0.05, 0) is 79.1 Å². The van der Waals surface area contributed by atoms with E-state index in [1.54, 1.807) is 12.1 Å². The summed E-state index contributed by atoms with van der Waals surface area (Å²) in [6.45, 7) is 5.31. The van der Waals surface area contributed by atoms with E-state index in [2.05, 4.69) is 30.9 Å². The molecule has 2 heterocycles. The molecule has 172 valence electrons. The van der Waals surface area contributed by atoms with E-state index in [1.807, 2.05) is 24.5 Å². The topological polar surface area (TPSA) is 75.5 Å². The van der Waals surface area contributed by atoms with Crippen LogP contribution in [0, 0.1) is 13.8 Å². The van der Waals surface area contributed by atoms with E-state index >= 15 is 0 Å². The fourth-order valence-electron chi connectivity index (χ4n) is 4.71. The summed E-state index contributed by atoms with van der Waals surface area (Å²) in [5.41, 5.74) is 7.94. The maximum atomic E-state index is 12.0. The van der Waals surface area contributed by atoms with Crippen LogP contribution in [0.15, 0.2) is 48.8 Å². The molecule has 0 aliphatic heterocycles. The lowest BCUT2D eigenvalue weighted by Gasteiger charge is -2.35. The minimum atomic E-state index is -0.405. The second kappa shape index (κ2) is 10.2. The van der Waals surface area contributed by atoms with E-state index in [9.17, 15) is 9.90 Å². The summed E-state index contributed by atoms with van der Waals surface area (Å²) in [4.78, 5) is 23.9. The Hall–Kier alpha value is -3.09. The van der Waals surface area contributed by atoms with Crippen molar-refractivity contribution in [1.82, 2.24) is 14.9 Å². The number of methoxy groups -OCH3 is 1. The highest BCUT2D eigenvalue weighted by atomic mass is 16.5. The Morgan fingerprint density at radius 2 is 2.00 bits per heavy atom. The van der Waals surface area contributed by atoms with Crippen LogP contribution in [0.1, 0.15) is 68.4 Å². The molecule has 0 saturated carbocycles. The molecule has 1 aliphatic carbocycles. The maximum Gasteiger partial charge on any atom is 0.337 e. The molecule has 0 spiro atoms. The number of nitrogens with zero attached hydrogens (tertiary/aromatic N) is 3. The molecule has 0 radical (unpaired) electrons. The highest BCUT2D eigenvalue weighted by Crippen LogP contribution is 2.35. The van der Waals surface area contributed by atoms with Crippen molar-refractivity contribution in [2.24, 2.45) is 0 Å². The predicted octanol–water partition coefficient (Wildman–Crippen LogP) is 4.45. The number of carbonyl (C=O) groups excluding carboxylic acids is 1. The summed E-state index contributed by atoms with van der Waals surface area (Å²) in [7, 11) is 1.36. The standard InChI is InChI=1S/C27H31N3O3/c1-18-12-19(2)24(29-14-18)16-30(25-8-4-6-20-7-5-11-28-26(20)25)15-22-10-9-21(27(32)33-3)13-23(22)17-31/h5,7,9-14,25,31H,4,6,8,15-17H2,1-3H3/t25-/m0/s1. The molecule has 4 rings (SSSR count). The number of benzene rings is 1. The average Bonchev–Trinajstić information content (AvgIpc) is 2.84. The SMILES string of the molecule is COC(=O)c1ccc(CN(Cc2ncc(C)cc2C)[C@H]2CCCc3cccnc32)c(CO)c1. The van der Waals surface area contributed by atoms with Gasteiger partial charge in [-0.2, -0.15) is 0 Å². The van der Waals surface area contributed by atoms with Crippen molar-refractivity contribution in [2.45, 2.75) is 58.8 Å². The molecule has 1 aromatic carbocycles. The summed E-state index contributed by atoms with van der Waals surface area (Å²) >= 11 is 0. The number of esters is 1. The Morgan fingerprint density at radius 1 is 1.15 bits per heavy atom. The van der Waals surface area contributed by atoms with Crippen molar-refractivity contribution < 1.29 is 14.6 Å². The van der Waals surface area contributed by atoms with E-state index < -0.39 is 5.97 Å². The van der Waals surface area contributed by atoms with Crippen LogP contribution in [-0.4, -0.2) is 33.1 Å². The van der Waals surface area contributed by atoms with Crippen molar-refractivity contribution in [3.8, 4) is 0 Å². The lowest BCUT2D eigenvalue weighted by molar-refractivity contribution is 0.0600. The van der Waals surface area contributed by atoms with Crippen LogP contribution in [0.3, 0.4) is 0 Å². The summed E-state index contributed by atoms with van der Waals surface area (Å²) in [5.74, 6) is -0.405. The van der Waals surface area contributed by atoms with Gasteiger partial charge in [0.2, 0.25) is 0 Å². The van der Waals surface area contributed by atoms with Crippen LogP contribution >= 0.6 is 0 Å². The number of aliphatic hydroxyl groups is 1. The molecule has 3 aromatic rings. The summed E-state index contributed by atoms with van der Waals surface area (Å²) in [6.07, 6.45) is 6.95. The molecule has 0 saturated heterocycles. The first-order chi connectivity index (χ1) is 16.0. The normalized spacial score (nSPS) is 15.4. The Kier molecular flexibility index (Phi) is 7.16. The number of aliphatic hydroxyl groups excluding tert-OH is 1. The molecule has 0 unspecified atom stereocenters. The van der Waals surface area contributed by atoms with Gasteiger partial charge < -0.3 is 9.84 Å². The van der Waals surface area contributed by atoms with Crippen LogP contribution < -0.4 is 0 Å². The quantitative estimate of drug-likeness (QED) is 0.542. The third-order valence-corrected chi connectivity index (χ3v) is 6.45. The summed E-state index contributed by atoms with van der Waals surface area (Å²) < 4.78 is 4.85. The Bertz CT molecular complexity index is 1150. The molecular weight excluding hydrogens is 414 g/mol. The molecule has 33 heavy (non-hydrogen) atoms. The second-order valence-corrected chi connectivity index (χ2v) is 8.77. The largest absolute Gasteiger partial charge is 0.465 e. The lowest BCUT2D eigenvalue weighted by atomic mass is 9.90. The van der Waals surface area contributed by atoms with Crippen LogP contribution in [0.25, 0.3) is 0 Å². The molecule has 1 atom stereocenters. The van der Waals surface area contributed by atoms with E-state index in [0.717, 1.165) is 47.3 Å². The maximum absolute atomic E-state index is 12.0. The van der Waals surface area contributed by atoms with E-state index in [4.69, 9.17) is 14.7 Å². The average molecular weight is 446 g/mol. The first-order valence-corrected chi connectivity index (χ1v) is 11.4. The fraction of sp³-hybridized carbons (Fsp3) is 0.370. The van der Waals surface area contributed by atoms with Crippen LogP contribution in [-0.2, 0) is 30.9 Å². The molecule has 6 nitrogen and oxygen atoms in total. The number of hydrogen-bond acceptors (Lipinski definition) is 6. The van der Waals surface area contributed by atoms with Gasteiger partial charge in [-0.25, -0.2) is 4.79 Å². The zero-order valence-corrected chi connectivity index (χ0v) is 19.5. The van der Waals surface area contributed by atoms with Gasteiger partial charge in [0.05, 0.1) is 36.7 Å². The minimum absolute atomic E-state index is 0.144. The molecule has 1 aliphatic rings. The number of pyridine rings is 2. The van der Waals surface area contributed by atoms with Crippen molar-refractivity contribution in [1.29, 1.82) is 0 Å². The number of hydrogen-bond donors (Lipinski definition) is 1. The van der Waals surface area contributed by atoms with Crippen LogP contribution in [0.5, 0.6) is 0 Å². The van der Waals surface area contributed by atoms with Gasteiger partial charge in [0, 0.05) is 25.5 Å². The minimum Gasteiger partial charge on any atom is -0.465 e. The first kappa shape index (κ1) is 23.1. The van der Waals surface area contributed by atoms with Gasteiger partial charge in [0.1, 0.15) is 0 Å². The summed E-state index contributed by atoms with van der Waals surface area (Å²) in [5, 5.41) is 10.0. The Morgan fingerprint density at radius 3 is 2.76 bits per heavy atom. The first-order valence-electron chi connectivity index (χ1n) is 11.4.